The third-order valence-corrected chi connectivity index (χ3v) is 2.47. The standard InChI is InChI=1S/C14H10F2O3/c1-18-12-7-6-11(15)13(16)14(12)19-10-4-2-9(8-17)3-5-10/h2-8H,1H3. The fourth-order valence-electron chi connectivity index (χ4n) is 1.50. The molecule has 0 amide bonds. The third kappa shape index (κ3) is 2.70. The molecule has 0 aliphatic heterocycles. The molecule has 5 heteroatoms. The molecule has 0 unspecified atom stereocenters. The van der Waals surface area contributed by atoms with Crippen LogP contribution in [0, 0.1) is 11.6 Å². The first-order valence-electron chi connectivity index (χ1n) is 5.41. The second kappa shape index (κ2) is 5.48. The van der Waals surface area contributed by atoms with Crippen molar-refractivity contribution in [2.75, 3.05) is 7.11 Å². The molecule has 2 rings (SSSR count). The molecule has 98 valence electrons. The number of carbonyl (C=O) groups excluding carboxylic acids is 1. The van der Waals surface area contributed by atoms with Gasteiger partial charge in [0, 0.05) is 5.56 Å². The molecule has 0 saturated carbocycles. The van der Waals surface area contributed by atoms with E-state index in [1.165, 1.54) is 37.4 Å². The van der Waals surface area contributed by atoms with E-state index in [9.17, 15) is 13.6 Å². The van der Waals surface area contributed by atoms with Crippen LogP contribution in [0.3, 0.4) is 0 Å². The average Bonchev–Trinajstić information content (AvgIpc) is 2.45. The number of rotatable bonds is 4. The monoisotopic (exact) mass is 264 g/mol. The second-order valence-corrected chi connectivity index (χ2v) is 3.68. The number of ether oxygens (including phenoxy) is 2. The minimum atomic E-state index is -1.13. The van der Waals surface area contributed by atoms with Crippen LogP contribution in [0.5, 0.6) is 17.2 Å². The van der Waals surface area contributed by atoms with E-state index in [1.807, 2.05) is 0 Å². The van der Waals surface area contributed by atoms with Crippen molar-refractivity contribution in [1.82, 2.24) is 0 Å². The van der Waals surface area contributed by atoms with Gasteiger partial charge in [-0.3, -0.25) is 4.79 Å². The van der Waals surface area contributed by atoms with Crippen LogP contribution in [-0.4, -0.2) is 13.4 Å². The summed E-state index contributed by atoms with van der Waals surface area (Å²) in [6.07, 6.45) is 0.674. The predicted octanol–water partition coefficient (Wildman–Crippen LogP) is 3.58. The van der Waals surface area contributed by atoms with E-state index in [2.05, 4.69) is 0 Å². The summed E-state index contributed by atoms with van der Waals surface area (Å²) in [5.41, 5.74) is 0.457. The van der Waals surface area contributed by atoms with Crippen molar-refractivity contribution in [1.29, 1.82) is 0 Å². The van der Waals surface area contributed by atoms with Crippen molar-refractivity contribution in [3.63, 3.8) is 0 Å². The molecule has 2 aromatic carbocycles. The lowest BCUT2D eigenvalue weighted by Gasteiger charge is -2.11. The summed E-state index contributed by atoms with van der Waals surface area (Å²) in [6, 6.07) is 8.20. The number of aldehydes is 1. The van der Waals surface area contributed by atoms with Gasteiger partial charge in [-0.25, -0.2) is 4.39 Å². The first-order chi connectivity index (χ1) is 9.15. The van der Waals surface area contributed by atoms with Crippen LogP contribution in [-0.2, 0) is 0 Å². The SMILES string of the molecule is COc1ccc(F)c(F)c1Oc1ccc(C=O)cc1. The zero-order valence-electron chi connectivity index (χ0n) is 10.0. The summed E-state index contributed by atoms with van der Waals surface area (Å²) < 4.78 is 37.0. The van der Waals surface area contributed by atoms with Gasteiger partial charge in [-0.1, -0.05) is 0 Å². The first kappa shape index (κ1) is 13.0. The van der Waals surface area contributed by atoms with Crippen LogP contribution >= 0.6 is 0 Å². The highest BCUT2D eigenvalue weighted by Gasteiger charge is 2.16. The normalized spacial score (nSPS) is 10.1. The highest BCUT2D eigenvalue weighted by molar-refractivity contribution is 5.74. The Morgan fingerprint density at radius 3 is 2.32 bits per heavy atom. The molecular weight excluding hydrogens is 254 g/mol. The van der Waals surface area contributed by atoms with Gasteiger partial charge in [-0.05, 0) is 36.4 Å². The van der Waals surface area contributed by atoms with Gasteiger partial charge in [0.15, 0.2) is 11.6 Å². The molecule has 0 aromatic heterocycles. The van der Waals surface area contributed by atoms with Gasteiger partial charge in [0.05, 0.1) is 7.11 Å². The Morgan fingerprint density at radius 2 is 1.74 bits per heavy atom. The molecule has 3 nitrogen and oxygen atoms in total. The molecule has 0 bridgehead atoms. The lowest BCUT2D eigenvalue weighted by atomic mass is 10.2. The van der Waals surface area contributed by atoms with E-state index < -0.39 is 11.6 Å². The number of carbonyl (C=O) groups is 1. The lowest BCUT2D eigenvalue weighted by Crippen LogP contribution is -1.96. The molecule has 0 N–H and O–H groups in total. The summed E-state index contributed by atoms with van der Waals surface area (Å²) in [4.78, 5) is 10.5. The van der Waals surface area contributed by atoms with Gasteiger partial charge in [0.1, 0.15) is 12.0 Å². The van der Waals surface area contributed by atoms with Crippen LogP contribution in [0.4, 0.5) is 8.78 Å². The Bertz CT molecular complexity index is 594. The molecule has 0 spiro atoms. The minimum absolute atomic E-state index is 0.0818. The Kier molecular flexibility index (Phi) is 3.75. The van der Waals surface area contributed by atoms with Crippen LogP contribution in [0.15, 0.2) is 36.4 Å². The molecule has 0 atom stereocenters. The molecule has 0 aliphatic carbocycles. The maximum Gasteiger partial charge on any atom is 0.207 e. The van der Waals surface area contributed by atoms with Crippen molar-refractivity contribution in [2.24, 2.45) is 0 Å². The number of hydrogen-bond acceptors (Lipinski definition) is 3. The van der Waals surface area contributed by atoms with Gasteiger partial charge in [0.25, 0.3) is 0 Å². The van der Waals surface area contributed by atoms with E-state index in [-0.39, 0.29) is 17.2 Å². The van der Waals surface area contributed by atoms with Crippen molar-refractivity contribution >= 4 is 6.29 Å². The van der Waals surface area contributed by atoms with Gasteiger partial charge in [0.2, 0.25) is 11.6 Å². The van der Waals surface area contributed by atoms with E-state index in [4.69, 9.17) is 9.47 Å². The number of methoxy groups -OCH3 is 1. The fraction of sp³-hybridized carbons (Fsp3) is 0.0714. The lowest BCUT2D eigenvalue weighted by molar-refractivity contribution is 0.112. The third-order valence-electron chi connectivity index (χ3n) is 2.47. The molecule has 0 aliphatic rings. The van der Waals surface area contributed by atoms with Crippen molar-refractivity contribution < 1.29 is 23.0 Å². The largest absolute Gasteiger partial charge is 0.493 e. The van der Waals surface area contributed by atoms with Crippen molar-refractivity contribution in [3.8, 4) is 17.2 Å². The van der Waals surface area contributed by atoms with Crippen molar-refractivity contribution in [2.45, 2.75) is 0 Å². The second-order valence-electron chi connectivity index (χ2n) is 3.68. The van der Waals surface area contributed by atoms with Gasteiger partial charge < -0.3 is 9.47 Å². The van der Waals surface area contributed by atoms with Crippen LogP contribution in [0.25, 0.3) is 0 Å². The quantitative estimate of drug-likeness (QED) is 0.792. The molecule has 0 radical (unpaired) electrons. The highest BCUT2D eigenvalue weighted by atomic mass is 19.2. The van der Waals surface area contributed by atoms with Crippen molar-refractivity contribution in [3.05, 3.63) is 53.6 Å². The molecule has 2 aromatic rings. The Morgan fingerprint density at radius 1 is 1.05 bits per heavy atom. The molecule has 0 saturated heterocycles. The highest BCUT2D eigenvalue weighted by Crippen LogP contribution is 2.35. The maximum atomic E-state index is 13.6. The Balaban J connectivity index is 2.36. The van der Waals surface area contributed by atoms with E-state index in [1.54, 1.807) is 0 Å². The average molecular weight is 264 g/mol. The van der Waals surface area contributed by atoms with Gasteiger partial charge in [-0.15, -0.1) is 0 Å². The fourth-order valence-corrected chi connectivity index (χ4v) is 1.50. The van der Waals surface area contributed by atoms with E-state index >= 15 is 0 Å². The van der Waals surface area contributed by atoms with Crippen LogP contribution < -0.4 is 9.47 Å². The van der Waals surface area contributed by atoms with E-state index in [0.29, 0.717) is 11.8 Å². The summed E-state index contributed by atoms with van der Waals surface area (Å²) >= 11 is 0. The maximum absolute atomic E-state index is 13.6. The molecule has 19 heavy (non-hydrogen) atoms. The predicted molar refractivity (Wildman–Crippen MR) is 64.8 cm³/mol. The first-order valence-corrected chi connectivity index (χ1v) is 5.41. The Hall–Kier alpha value is -2.43. The molecular formula is C14H10F2O3. The van der Waals surface area contributed by atoms with Crippen LogP contribution in [0.2, 0.25) is 0 Å². The van der Waals surface area contributed by atoms with Gasteiger partial charge >= 0.3 is 0 Å². The summed E-state index contributed by atoms with van der Waals surface area (Å²) in [7, 11) is 1.33. The minimum Gasteiger partial charge on any atom is -0.493 e. The van der Waals surface area contributed by atoms with Gasteiger partial charge in [-0.2, -0.15) is 4.39 Å². The molecule has 0 fully saturated rings. The van der Waals surface area contributed by atoms with Crippen LogP contribution in [0.1, 0.15) is 10.4 Å². The zero-order valence-corrected chi connectivity index (χ0v) is 10.0. The van der Waals surface area contributed by atoms with E-state index in [0.717, 1.165) is 6.07 Å². The zero-order chi connectivity index (χ0) is 13.8. The Labute approximate surface area is 108 Å². The smallest absolute Gasteiger partial charge is 0.207 e. The molecule has 0 heterocycles. The number of hydrogen-bond donors (Lipinski definition) is 0. The number of halogens is 2. The topological polar surface area (TPSA) is 35.5 Å². The summed E-state index contributed by atoms with van der Waals surface area (Å²) in [5, 5.41) is 0. The summed E-state index contributed by atoms with van der Waals surface area (Å²) in [6.45, 7) is 0. The summed E-state index contributed by atoms with van der Waals surface area (Å²) in [5.74, 6) is -2.13. The number of benzene rings is 2.